The number of hydrogen-bond acceptors (Lipinski definition) is 3. The van der Waals surface area contributed by atoms with Crippen LogP contribution in [0.5, 0.6) is 5.75 Å². The summed E-state index contributed by atoms with van der Waals surface area (Å²) in [6.45, 7) is 7.51. The molecule has 0 saturated carbocycles. The highest BCUT2D eigenvalue weighted by Gasteiger charge is 2.21. The number of carbonyl (C=O) groups is 2. The molecular formula is C21H25ClN2O3. The third kappa shape index (κ3) is 5.73. The molecule has 0 radical (unpaired) electrons. The second-order valence-electron chi connectivity index (χ2n) is 6.73. The van der Waals surface area contributed by atoms with E-state index in [0.717, 1.165) is 22.4 Å². The molecule has 0 fully saturated rings. The molecule has 2 aromatic rings. The van der Waals surface area contributed by atoms with E-state index in [9.17, 15) is 9.59 Å². The van der Waals surface area contributed by atoms with E-state index in [4.69, 9.17) is 16.3 Å². The van der Waals surface area contributed by atoms with Crippen molar-refractivity contribution >= 4 is 29.1 Å². The molecular weight excluding hydrogens is 364 g/mol. The molecule has 0 aromatic heterocycles. The van der Waals surface area contributed by atoms with E-state index < -0.39 is 6.10 Å². The van der Waals surface area contributed by atoms with Crippen LogP contribution in [0.25, 0.3) is 0 Å². The van der Waals surface area contributed by atoms with Crippen LogP contribution in [-0.2, 0) is 9.59 Å². The highest BCUT2D eigenvalue weighted by Crippen LogP contribution is 2.22. The van der Waals surface area contributed by atoms with Gasteiger partial charge in [-0.05, 0) is 63.1 Å². The van der Waals surface area contributed by atoms with Crippen LogP contribution >= 0.6 is 11.6 Å². The van der Waals surface area contributed by atoms with Crippen molar-refractivity contribution in [1.82, 2.24) is 4.90 Å². The molecule has 27 heavy (non-hydrogen) atoms. The molecule has 6 heteroatoms. The zero-order valence-corrected chi connectivity index (χ0v) is 17.1. The smallest absolute Gasteiger partial charge is 0.263 e. The highest BCUT2D eigenvalue weighted by molar-refractivity contribution is 6.30. The summed E-state index contributed by atoms with van der Waals surface area (Å²) in [5.41, 5.74) is 3.92. The van der Waals surface area contributed by atoms with Gasteiger partial charge in [0.2, 0.25) is 5.91 Å². The van der Waals surface area contributed by atoms with Gasteiger partial charge in [0, 0.05) is 17.8 Å². The predicted octanol–water partition coefficient (Wildman–Crippen LogP) is 4.13. The Morgan fingerprint density at radius 3 is 2.22 bits per heavy atom. The van der Waals surface area contributed by atoms with Crippen LogP contribution in [0.4, 0.5) is 5.69 Å². The molecule has 0 saturated heterocycles. The lowest BCUT2D eigenvalue weighted by Gasteiger charge is -2.22. The van der Waals surface area contributed by atoms with Crippen LogP contribution in [0.15, 0.2) is 36.4 Å². The van der Waals surface area contributed by atoms with E-state index in [-0.39, 0.29) is 18.4 Å². The summed E-state index contributed by atoms with van der Waals surface area (Å²) in [5, 5.41) is 3.49. The van der Waals surface area contributed by atoms with Gasteiger partial charge in [-0.15, -0.1) is 0 Å². The fourth-order valence-electron chi connectivity index (χ4n) is 2.93. The summed E-state index contributed by atoms with van der Waals surface area (Å²) < 4.78 is 5.62. The molecule has 0 aliphatic heterocycles. The van der Waals surface area contributed by atoms with Crippen LogP contribution in [-0.4, -0.2) is 36.4 Å². The average Bonchev–Trinajstić information content (AvgIpc) is 2.59. The lowest BCUT2D eigenvalue weighted by atomic mass is 10.1. The number of hydrogen-bond donors (Lipinski definition) is 1. The predicted molar refractivity (Wildman–Crippen MR) is 108 cm³/mol. The number of halogens is 1. The molecule has 1 unspecified atom stereocenters. The van der Waals surface area contributed by atoms with Gasteiger partial charge < -0.3 is 15.0 Å². The zero-order valence-electron chi connectivity index (χ0n) is 16.3. The molecule has 5 nitrogen and oxygen atoms in total. The summed E-state index contributed by atoms with van der Waals surface area (Å²) in [5.74, 6) is 0.0149. The van der Waals surface area contributed by atoms with Crippen molar-refractivity contribution < 1.29 is 14.3 Å². The first kappa shape index (κ1) is 20.8. The summed E-state index contributed by atoms with van der Waals surface area (Å²) in [6.07, 6.45) is -0.716. The van der Waals surface area contributed by atoms with Crippen molar-refractivity contribution in [2.75, 3.05) is 18.9 Å². The number of nitrogens with zero attached hydrogens (tertiary/aromatic N) is 1. The van der Waals surface area contributed by atoms with Gasteiger partial charge in [-0.2, -0.15) is 0 Å². The first-order valence-electron chi connectivity index (χ1n) is 8.72. The highest BCUT2D eigenvalue weighted by atomic mass is 35.5. The number of carbonyl (C=O) groups excluding carboxylic acids is 2. The summed E-state index contributed by atoms with van der Waals surface area (Å²) in [7, 11) is 1.58. The van der Waals surface area contributed by atoms with Crippen molar-refractivity contribution in [3.8, 4) is 5.75 Å². The Labute approximate surface area is 165 Å². The van der Waals surface area contributed by atoms with E-state index in [0.29, 0.717) is 10.8 Å². The van der Waals surface area contributed by atoms with E-state index >= 15 is 0 Å². The van der Waals surface area contributed by atoms with Gasteiger partial charge in [-0.1, -0.05) is 29.3 Å². The molecule has 0 bridgehead atoms. The van der Waals surface area contributed by atoms with Crippen molar-refractivity contribution in [2.45, 2.75) is 33.8 Å². The fraction of sp³-hybridized carbons (Fsp3) is 0.333. The number of benzene rings is 2. The van der Waals surface area contributed by atoms with Crippen LogP contribution in [0.1, 0.15) is 23.6 Å². The number of rotatable bonds is 6. The zero-order chi connectivity index (χ0) is 20.1. The van der Waals surface area contributed by atoms with Crippen LogP contribution < -0.4 is 10.1 Å². The lowest BCUT2D eigenvalue weighted by molar-refractivity contribution is -0.139. The minimum Gasteiger partial charge on any atom is -0.481 e. The average molecular weight is 389 g/mol. The Morgan fingerprint density at radius 2 is 1.67 bits per heavy atom. The standard InChI is InChI=1S/C21H25ClN2O3/c1-13-10-14(2)20(15(3)11-13)23-19(25)12-24(5)21(26)16(4)27-18-8-6-17(22)7-9-18/h6-11,16H,12H2,1-5H3,(H,23,25). The van der Waals surface area contributed by atoms with Gasteiger partial charge in [0.05, 0.1) is 6.54 Å². The first-order valence-corrected chi connectivity index (χ1v) is 9.10. The quantitative estimate of drug-likeness (QED) is 0.809. The Kier molecular flexibility index (Phi) is 6.86. The maximum atomic E-state index is 12.5. The first-order chi connectivity index (χ1) is 12.7. The minimum absolute atomic E-state index is 0.0556. The maximum absolute atomic E-state index is 12.5. The third-order valence-electron chi connectivity index (χ3n) is 4.17. The molecule has 0 spiro atoms. The Hall–Kier alpha value is -2.53. The number of nitrogens with one attached hydrogen (secondary N) is 1. The van der Waals surface area contributed by atoms with Crippen molar-refractivity contribution in [2.24, 2.45) is 0 Å². The molecule has 1 N–H and O–H groups in total. The van der Waals surface area contributed by atoms with Gasteiger partial charge in [0.1, 0.15) is 5.75 Å². The SMILES string of the molecule is Cc1cc(C)c(NC(=O)CN(C)C(=O)C(C)Oc2ccc(Cl)cc2)c(C)c1. The van der Waals surface area contributed by atoms with Gasteiger partial charge in [-0.3, -0.25) is 9.59 Å². The van der Waals surface area contributed by atoms with E-state index in [1.54, 1.807) is 38.2 Å². The van der Waals surface area contributed by atoms with E-state index in [2.05, 4.69) is 5.32 Å². The molecule has 0 heterocycles. The summed E-state index contributed by atoms with van der Waals surface area (Å²) in [4.78, 5) is 26.2. The summed E-state index contributed by atoms with van der Waals surface area (Å²) >= 11 is 5.84. The van der Waals surface area contributed by atoms with Gasteiger partial charge in [-0.25, -0.2) is 0 Å². The Bertz CT molecular complexity index is 811. The third-order valence-corrected chi connectivity index (χ3v) is 4.42. The number of ether oxygens (including phenoxy) is 1. The van der Waals surface area contributed by atoms with Gasteiger partial charge >= 0.3 is 0 Å². The van der Waals surface area contributed by atoms with E-state index in [1.807, 2.05) is 32.9 Å². The Morgan fingerprint density at radius 1 is 1.11 bits per heavy atom. The Balaban J connectivity index is 1.95. The molecule has 2 aromatic carbocycles. The van der Waals surface area contributed by atoms with Crippen molar-refractivity contribution in [3.63, 3.8) is 0 Å². The second kappa shape index (κ2) is 8.91. The fourth-order valence-corrected chi connectivity index (χ4v) is 3.05. The largest absolute Gasteiger partial charge is 0.481 e. The maximum Gasteiger partial charge on any atom is 0.263 e. The topological polar surface area (TPSA) is 58.6 Å². The van der Waals surface area contributed by atoms with Crippen molar-refractivity contribution in [1.29, 1.82) is 0 Å². The molecule has 2 amide bonds. The summed E-state index contributed by atoms with van der Waals surface area (Å²) in [6, 6.07) is 10.8. The molecule has 144 valence electrons. The second-order valence-corrected chi connectivity index (χ2v) is 7.17. The molecule has 0 aliphatic carbocycles. The van der Waals surface area contributed by atoms with Crippen molar-refractivity contribution in [3.05, 3.63) is 58.1 Å². The number of anilines is 1. The number of likely N-dealkylation sites (N-methyl/N-ethyl adjacent to an activating group) is 1. The van der Waals surface area contributed by atoms with Crippen LogP contribution in [0.2, 0.25) is 5.02 Å². The molecule has 1 atom stereocenters. The molecule has 0 aliphatic rings. The number of aryl methyl sites for hydroxylation is 3. The van der Waals surface area contributed by atoms with Gasteiger partial charge in [0.25, 0.3) is 5.91 Å². The normalized spacial score (nSPS) is 11.6. The van der Waals surface area contributed by atoms with Gasteiger partial charge in [0.15, 0.2) is 6.10 Å². The molecule has 2 rings (SSSR count). The minimum atomic E-state index is -0.716. The monoisotopic (exact) mass is 388 g/mol. The number of amides is 2. The van der Waals surface area contributed by atoms with Crippen LogP contribution in [0.3, 0.4) is 0 Å². The van der Waals surface area contributed by atoms with Crippen LogP contribution in [0, 0.1) is 20.8 Å². The van der Waals surface area contributed by atoms with E-state index in [1.165, 1.54) is 4.90 Å². The lowest BCUT2D eigenvalue weighted by Crippen LogP contribution is -2.42.